The number of rotatable bonds is 6. The predicted octanol–water partition coefficient (Wildman–Crippen LogP) is 13.9. The van der Waals surface area contributed by atoms with Crippen molar-refractivity contribution in [3.05, 3.63) is 205 Å². The van der Waals surface area contributed by atoms with Crippen LogP contribution in [0.15, 0.2) is 194 Å². The van der Waals surface area contributed by atoms with Crippen LogP contribution in [-0.2, 0) is 5.41 Å². The number of fused-ring (bicyclic) bond motifs is 6. The summed E-state index contributed by atoms with van der Waals surface area (Å²) in [6.07, 6.45) is 0. The molecule has 0 aliphatic heterocycles. The Hall–Kier alpha value is -6.64. The molecule has 0 N–H and O–H groups in total. The van der Waals surface area contributed by atoms with Crippen LogP contribution in [0.25, 0.3) is 60.9 Å². The number of para-hydroxylation sites is 2. The third kappa shape index (κ3) is 5.02. The molecule has 0 spiro atoms. The highest BCUT2D eigenvalue weighted by atomic mass is 15.1. The van der Waals surface area contributed by atoms with Gasteiger partial charge < -0.3 is 9.47 Å². The molecule has 0 atom stereocenters. The SMILES string of the molecule is CC1(C)c2ccccc2-c2cccc(N(c3ccc(-c4ccccc4)cc3)c3ccc(-c4ccc5c(c4)c4ccccc4n5-c4ccccc4)cc3)c21. The van der Waals surface area contributed by atoms with Crippen LogP contribution in [0.1, 0.15) is 25.0 Å². The summed E-state index contributed by atoms with van der Waals surface area (Å²) in [4.78, 5) is 2.45. The van der Waals surface area contributed by atoms with Gasteiger partial charge in [0.15, 0.2) is 0 Å². The van der Waals surface area contributed by atoms with Crippen molar-refractivity contribution >= 4 is 38.9 Å². The van der Waals surface area contributed by atoms with Crippen molar-refractivity contribution in [3.8, 4) is 39.1 Å². The molecule has 2 nitrogen and oxygen atoms in total. The van der Waals surface area contributed by atoms with E-state index in [4.69, 9.17) is 0 Å². The average Bonchev–Trinajstić information content (AvgIpc) is 3.68. The summed E-state index contributed by atoms with van der Waals surface area (Å²) in [5.74, 6) is 0. The van der Waals surface area contributed by atoms with Crippen LogP contribution in [0.5, 0.6) is 0 Å². The van der Waals surface area contributed by atoms with Gasteiger partial charge in [-0.1, -0.05) is 147 Å². The predicted molar refractivity (Wildman–Crippen MR) is 224 cm³/mol. The highest BCUT2D eigenvalue weighted by Gasteiger charge is 2.38. The van der Waals surface area contributed by atoms with Crippen molar-refractivity contribution in [2.24, 2.45) is 0 Å². The van der Waals surface area contributed by atoms with E-state index < -0.39 is 0 Å². The Balaban J connectivity index is 1.10. The summed E-state index contributed by atoms with van der Waals surface area (Å²) in [6, 6.07) is 70.7. The fourth-order valence-corrected chi connectivity index (χ4v) is 8.68. The van der Waals surface area contributed by atoms with Crippen LogP contribution in [0, 0.1) is 0 Å². The molecule has 252 valence electrons. The van der Waals surface area contributed by atoms with Crippen molar-refractivity contribution in [3.63, 3.8) is 0 Å². The molecule has 9 aromatic rings. The summed E-state index contributed by atoms with van der Waals surface area (Å²) in [5, 5.41) is 2.52. The van der Waals surface area contributed by atoms with E-state index in [2.05, 4.69) is 217 Å². The number of hydrogen-bond acceptors (Lipinski definition) is 1. The van der Waals surface area contributed by atoms with Gasteiger partial charge in [0.05, 0.1) is 16.7 Å². The summed E-state index contributed by atoms with van der Waals surface area (Å²) in [6.45, 7) is 4.73. The van der Waals surface area contributed by atoms with Gasteiger partial charge in [-0.25, -0.2) is 0 Å². The van der Waals surface area contributed by atoms with E-state index in [0.717, 1.165) is 11.4 Å². The zero-order valence-electron chi connectivity index (χ0n) is 29.9. The van der Waals surface area contributed by atoms with Crippen LogP contribution < -0.4 is 4.90 Å². The first-order chi connectivity index (χ1) is 26.1. The van der Waals surface area contributed by atoms with Crippen LogP contribution in [-0.4, -0.2) is 4.57 Å². The molecular weight excluding hydrogens is 641 g/mol. The normalized spacial score (nSPS) is 12.9. The monoisotopic (exact) mass is 678 g/mol. The second kappa shape index (κ2) is 12.3. The summed E-state index contributed by atoms with van der Waals surface area (Å²) in [5.41, 5.74) is 17.1. The minimum atomic E-state index is -0.154. The van der Waals surface area contributed by atoms with Crippen molar-refractivity contribution < 1.29 is 0 Å². The zero-order valence-corrected chi connectivity index (χ0v) is 29.9. The van der Waals surface area contributed by atoms with Crippen LogP contribution >= 0.6 is 0 Å². The maximum atomic E-state index is 2.45. The molecule has 0 fully saturated rings. The lowest BCUT2D eigenvalue weighted by Gasteiger charge is -2.32. The van der Waals surface area contributed by atoms with Gasteiger partial charge in [-0.05, 0) is 105 Å². The molecular formula is C51H38N2. The number of nitrogens with zero attached hydrogens (tertiary/aromatic N) is 2. The Morgan fingerprint density at radius 3 is 1.70 bits per heavy atom. The van der Waals surface area contributed by atoms with Gasteiger partial charge in [-0.3, -0.25) is 0 Å². The third-order valence-electron chi connectivity index (χ3n) is 11.2. The quantitative estimate of drug-likeness (QED) is 0.170. The van der Waals surface area contributed by atoms with E-state index in [1.807, 2.05) is 0 Å². The molecule has 0 amide bonds. The Bertz CT molecular complexity index is 2770. The van der Waals surface area contributed by atoms with Gasteiger partial charge in [-0.15, -0.1) is 0 Å². The van der Waals surface area contributed by atoms with Gasteiger partial charge in [0.25, 0.3) is 0 Å². The van der Waals surface area contributed by atoms with E-state index in [1.165, 1.54) is 77.7 Å². The number of anilines is 3. The van der Waals surface area contributed by atoms with Gasteiger partial charge in [-0.2, -0.15) is 0 Å². The third-order valence-corrected chi connectivity index (χ3v) is 11.2. The highest BCUT2D eigenvalue weighted by Crippen LogP contribution is 2.54. The molecule has 8 aromatic carbocycles. The first-order valence-corrected chi connectivity index (χ1v) is 18.4. The van der Waals surface area contributed by atoms with E-state index in [1.54, 1.807) is 0 Å². The zero-order chi connectivity index (χ0) is 35.5. The van der Waals surface area contributed by atoms with Gasteiger partial charge in [0.1, 0.15) is 0 Å². The topological polar surface area (TPSA) is 8.17 Å². The van der Waals surface area contributed by atoms with Crippen LogP contribution in [0.3, 0.4) is 0 Å². The largest absolute Gasteiger partial charge is 0.310 e. The lowest BCUT2D eigenvalue weighted by molar-refractivity contribution is 0.661. The molecule has 0 bridgehead atoms. The van der Waals surface area contributed by atoms with E-state index >= 15 is 0 Å². The lowest BCUT2D eigenvalue weighted by atomic mass is 9.81. The van der Waals surface area contributed by atoms with Crippen LogP contribution in [0.2, 0.25) is 0 Å². The van der Waals surface area contributed by atoms with Gasteiger partial charge >= 0.3 is 0 Å². The Kier molecular flexibility index (Phi) is 7.19. The van der Waals surface area contributed by atoms with Gasteiger partial charge in [0.2, 0.25) is 0 Å². The Morgan fingerprint density at radius 2 is 0.962 bits per heavy atom. The standard InChI is InChI=1S/C51H38N2/c1-51(2)46-21-11-9-18-42(46)44-20-13-23-49(50(44)51)52(40-29-24-36(25-30-40)35-14-5-3-6-15-35)41-31-26-37(27-32-41)38-28-33-48-45(34-38)43-19-10-12-22-47(43)53(48)39-16-7-4-8-17-39/h3-34H,1-2H3. The molecule has 0 saturated carbocycles. The molecule has 2 heteroatoms. The fraction of sp³-hybridized carbons (Fsp3) is 0.0588. The fourth-order valence-electron chi connectivity index (χ4n) is 8.68. The van der Waals surface area contributed by atoms with Crippen molar-refractivity contribution in [2.45, 2.75) is 19.3 Å². The minimum absolute atomic E-state index is 0.154. The molecule has 0 saturated heterocycles. The molecule has 1 aliphatic carbocycles. The molecule has 1 aliphatic rings. The Morgan fingerprint density at radius 1 is 0.415 bits per heavy atom. The second-order valence-electron chi connectivity index (χ2n) is 14.6. The molecule has 53 heavy (non-hydrogen) atoms. The molecule has 1 heterocycles. The van der Waals surface area contributed by atoms with E-state index in [-0.39, 0.29) is 5.41 Å². The second-order valence-corrected chi connectivity index (χ2v) is 14.6. The summed E-state index contributed by atoms with van der Waals surface area (Å²) >= 11 is 0. The smallest absolute Gasteiger partial charge is 0.0541 e. The van der Waals surface area contributed by atoms with Crippen molar-refractivity contribution in [1.82, 2.24) is 4.57 Å². The molecule has 1 aromatic heterocycles. The van der Waals surface area contributed by atoms with E-state index in [9.17, 15) is 0 Å². The van der Waals surface area contributed by atoms with E-state index in [0.29, 0.717) is 0 Å². The molecule has 0 unspecified atom stereocenters. The van der Waals surface area contributed by atoms with Crippen molar-refractivity contribution in [2.75, 3.05) is 4.90 Å². The lowest BCUT2D eigenvalue weighted by Crippen LogP contribution is -2.20. The van der Waals surface area contributed by atoms with Gasteiger partial charge in [0, 0.05) is 33.2 Å². The average molecular weight is 679 g/mol. The summed E-state index contributed by atoms with van der Waals surface area (Å²) < 4.78 is 2.37. The highest BCUT2D eigenvalue weighted by molar-refractivity contribution is 6.10. The Labute approximate surface area is 310 Å². The number of benzene rings is 8. The number of aromatic nitrogens is 1. The van der Waals surface area contributed by atoms with Crippen LogP contribution in [0.4, 0.5) is 17.1 Å². The number of hydrogen-bond donors (Lipinski definition) is 0. The molecule has 0 radical (unpaired) electrons. The maximum Gasteiger partial charge on any atom is 0.0541 e. The first-order valence-electron chi connectivity index (χ1n) is 18.4. The minimum Gasteiger partial charge on any atom is -0.310 e. The molecule has 10 rings (SSSR count). The summed E-state index contributed by atoms with van der Waals surface area (Å²) in [7, 11) is 0. The maximum absolute atomic E-state index is 2.45. The van der Waals surface area contributed by atoms with Crippen molar-refractivity contribution in [1.29, 1.82) is 0 Å². The first kappa shape index (κ1) is 31.1.